The molecule has 0 fully saturated rings. The fraction of sp³-hybridized carbons (Fsp3) is 0.417. The van der Waals surface area contributed by atoms with E-state index in [9.17, 15) is 19.7 Å². The molecule has 2 rings (SSSR count). The highest BCUT2D eigenvalue weighted by atomic mass is 35.5. The second kappa shape index (κ2) is 13.9. The number of carbonyl (C=O) groups is 2. The number of carbonyl (C=O) groups excluding carboxylic acids is 2. The Labute approximate surface area is 204 Å². The van der Waals surface area contributed by atoms with Crippen molar-refractivity contribution in [3.63, 3.8) is 0 Å². The van der Waals surface area contributed by atoms with Crippen LogP contribution < -0.4 is 5.32 Å². The fourth-order valence-electron chi connectivity index (χ4n) is 3.29. The summed E-state index contributed by atoms with van der Waals surface area (Å²) in [5.41, 5.74) is 1.71. The van der Waals surface area contributed by atoms with Gasteiger partial charge in [-0.1, -0.05) is 62.2 Å². The number of nitrogens with zero attached hydrogens (tertiary/aromatic N) is 2. The van der Waals surface area contributed by atoms with Gasteiger partial charge in [0.15, 0.2) is 0 Å². The van der Waals surface area contributed by atoms with E-state index in [-0.39, 0.29) is 29.8 Å². The Hall–Kier alpha value is -2.58. The number of halogens is 1. The van der Waals surface area contributed by atoms with Crippen molar-refractivity contribution < 1.29 is 14.5 Å². The van der Waals surface area contributed by atoms with E-state index in [1.165, 1.54) is 23.9 Å². The minimum atomic E-state index is -0.592. The Balaban J connectivity index is 2.10. The molecular formula is C24H30ClN3O4S. The number of nitrogens with one attached hydrogen (secondary N) is 1. The predicted octanol–water partition coefficient (Wildman–Crippen LogP) is 5.21. The molecule has 0 unspecified atom stereocenters. The zero-order valence-electron chi connectivity index (χ0n) is 19.0. The zero-order valence-corrected chi connectivity index (χ0v) is 20.5. The topological polar surface area (TPSA) is 92.6 Å². The largest absolute Gasteiger partial charge is 0.354 e. The van der Waals surface area contributed by atoms with E-state index in [0.29, 0.717) is 23.7 Å². The molecule has 9 heteroatoms. The lowest BCUT2D eigenvalue weighted by molar-refractivity contribution is -0.384. The van der Waals surface area contributed by atoms with Crippen LogP contribution in [-0.2, 0) is 21.9 Å². The normalized spacial score (nSPS) is 11.6. The average molecular weight is 492 g/mol. The molecule has 0 saturated heterocycles. The maximum Gasteiger partial charge on any atom is 0.269 e. The first-order chi connectivity index (χ1) is 15.9. The molecular weight excluding hydrogens is 462 g/mol. The summed E-state index contributed by atoms with van der Waals surface area (Å²) in [5, 5.41) is 14.3. The third kappa shape index (κ3) is 8.37. The van der Waals surface area contributed by atoms with Crippen LogP contribution in [0.4, 0.5) is 5.69 Å². The van der Waals surface area contributed by atoms with Gasteiger partial charge in [-0.25, -0.2) is 0 Å². The van der Waals surface area contributed by atoms with E-state index in [1.807, 2.05) is 25.1 Å². The van der Waals surface area contributed by atoms with E-state index in [0.717, 1.165) is 24.0 Å². The van der Waals surface area contributed by atoms with Crippen LogP contribution >= 0.6 is 23.4 Å². The van der Waals surface area contributed by atoms with E-state index in [4.69, 9.17) is 11.6 Å². The Morgan fingerprint density at radius 1 is 1.15 bits per heavy atom. The second-order valence-electron chi connectivity index (χ2n) is 7.60. The van der Waals surface area contributed by atoms with Gasteiger partial charge in [0.25, 0.3) is 5.69 Å². The maximum absolute atomic E-state index is 13.2. The van der Waals surface area contributed by atoms with Crippen molar-refractivity contribution in [1.82, 2.24) is 10.2 Å². The third-order valence-electron chi connectivity index (χ3n) is 5.16. The number of unbranched alkanes of at least 4 members (excludes halogenated alkanes) is 1. The summed E-state index contributed by atoms with van der Waals surface area (Å²) >= 11 is 7.74. The number of thioether (sulfide) groups is 1. The molecule has 33 heavy (non-hydrogen) atoms. The molecule has 2 amide bonds. The quantitative estimate of drug-likeness (QED) is 0.236. The Morgan fingerprint density at radius 2 is 1.85 bits per heavy atom. The van der Waals surface area contributed by atoms with Crippen LogP contribution in [-0.4, -0.2) is 40.0 Å². The van der Waals surface area contributed by atoms with Crippen LogP contribution in [0.25, 0.3) is 0 Å². The molecule has 7 nitrogen and oxygen atoms in total. The highest BCUT2D eigenvalue weighted by molar-refractivity contribution is 7.99. The summed E-state index contributed by atoms with van der Waals surface area (Å²) in [6.07, 6.45) is 2.34. The number of amides is 2. The summed E-state index contributed by atoms with van der Waals surface area (Å²) in [6, 6.07) is 13.0. The molecule has 0 aliphatic carbocycles. The Morgan fingerprint density at radius 3 is 2.45 bits per heavy atom. The molecule has 178 valence electrons. The number of hydrogen-bond acceptors (Lipinski definition) is 5. The lowest BCUT2D eigenvalue weighted by atomic mass is 10.1. The van der Waals surface area contributed by atoms with Crippen LogP contribution in [0.1, 0.15) is 44.2 Å². The van der Waals surface area contributed by atoms with Gasteiger partial charge in [-0.2, -0.15) is 0 Å². The molecule has 2 aromatic carbocycles. The van der Waals surface area contributed by atoms with Crippen LogP contribution in [0, 0.1) is 10.1 Å². The van der Waals surface area contributed by atoms with Crippen molar-refractivity contribution in [1.29, 1.82) is 0 Å². The zero-order chi connectivity index (χ0) is 24.2. The van der Waals surface area contributed by atoms with Crippen molar-refractivity contribution in [3.8, 4) is 0 Å². The number of nitro benzene ring substituents is 1. The first-order valence-electron chi connectivity index (χ1n) is 11.0. The first kappa shape index (κ1) is 26.7. The number of benzene rings is 2. The van der Waals surface area contributed by atoms with Gasteiger partial charge < -0.3 is 10.2 Å². The van der Waals surface area contributed by atoms with Crippen molar-refractivity contribution in [2.24, 2.45) is 0 Å². The van der Waals surface area contributed by atoms with Crippen LogP contribution in [0.5, 0.6) is 0 Å². The van der Waals surface area contributed by atoms with E-state index >= 15 is 0 Å². The van der Waals surface area contributed by atoms with Crippen molar-refractivity contribution in [2.75, 3.05) is 12.3 Å². The third-order valence-corrected chi connectivity index (χ3v) is 6.51. The molecule has 0 radical (unpaired) electrons. The molecule has 1 N–H and O–H groups in total. The lowest BCUT2D eigenvalue weighted by Crippen LogP contribution is -2.49. The first-order valence-corrected chi connectivity index (χ1v) is 12.5. The van der Waals surface area contributed by atoms with Crippen LogP contribution in [0.2, 0.25) is 5.02 Å². The Bertz CT molecular complexity index is 940. The number of hydrogen-bond donors (Lipinski definition) is 1. The van der Waals surface area contributed by atoms with Gasteiger partial charge in [-0.05, 0) is 30.0 Å². The summed E-state index contributed by atoms with van der Waals surface area (Å²) in [7, 11) is 0. The van der Waals surface area contributed by atoms with E-state index in [2.05, 4.69) is 12.2 Å². The molecule has 0 aliphatic heterocycles. The highest BCUT2D eigenvalue weighted by Gasteiger charge is 2.28. The predicted molar refractivity (Wildman–Crippen MR) is 133 cm³/mol. The van der Waals surface area contributed by atoms with E-state index < -0.39 is 11.0 Å². The van der Waals surface area contributed by atoms with Gasteiger partial charge in [-0.15, -0.1) is 11.8 Å². The van der Waals surface area contributed by atoms with Gasteiger partial charge in [-0.3, -0.25) is 19.7 Å². The summed E-state index contributed by atoms with van der Waals surface area (Å²) in [5.74, 6) is 0.398. The minimum Gasteiger partial charge on any atom is -0.354 e. The van der Waals surface area contributed by atoms with Gasteiger partial charge >= 0.3 is 0 Å². The lowest BCUT2D eigenvalue weighted by Gasteiger charge is -2.31. The molecule has 0 aliphatic rings. The number of nitro groups is 1. The molecule has 0 heterocycles. The van der Waals surface area contributed by atoms with E-state index in [1.54, 1.807) is 23.1 Å². The highest BCUT2D eigenvalue weighted by Crippen LogP contribution is 2.22. The van der Waals surface area contributed by atoms with Crippen molar-refractivity contribution in [2.45, 2.75) is 51.4 Å². The SMILES string of the molecule is CCCCNC(=O)[C@@H](CC)N(Cc1ccccc1Cl)C(=O)CSCc1ccc([N+](=O)[O-])cc1. The van der Waals surface area contributed by atoms with Crippen LogP contribution in [0.3, 0.4) is 0 Å². The summed E-state index contributed by atoms with van der Waals surface area (Å²) < 4.78 is 0. The fourth-order valence-corrected chi connectivity index (χ4v) is 4.35. The van der Waals surface area contributed by atoms with Gasteiger partial charge in [0.2, 0.25) is 11.8 Å². The number of non-ortho nitro benzene ring substituents is 1. The van der Waals surface area contributed by atoms with Gasteiger partial charge in [0.1, 0.15) is 6.04 Å². The Kier molecular flexibility index (Phi) is 11.2. The summed E-state index contributed by atoms with van der Waals surface area (Å²) in [6.45, 7) is 4.77. The molecule has 0 bridgehead atoms. The van der Waals surface area contributed by atoms with Gasteiger partial charge in [0.05, 0.1) is 10.7 Å². The smallest absolute Gasteiger partial charge is 0.269 e. The second-order valence-corrected chi connectivity index (χ2v) is 8.99. The maximum atomic E-state index is 13.2. The molecule has 0 saturated carbocycles. The standard InChI is InChI=1S/C24H30ClN3O4S/c1-3-5-14-26-24(30)22(4-2)27(15-19-8-6-7-9-21(19)25)23(29)17-33-16-18-10-12-20(13-11-18)28(31)32/h6-13,22H,3-5,14-17H2,1-2H3,(H,26,30)/t22-/m1/s1. The summed E-state index contributed by atoms with van der Waals surface area (Å²) in [4.78, 5) is 38.0. The average Bonchev–Trinajstić information content (AvgIpc) is 2.80. The van der Waals surface area contributed by atoms with Crippen molar-refractivity contribution >= 4 is 40.9 Å². The van der Waals surface area contributed by atoms with Crippen LogP contribution in [0.15, 0.2) is 48.5 Å². The molecule has 0 aromatic heterocycles. The van der Waals surface area contributed by atoms with Gasteiger partial charge in [0, 0.05) is 36.0 Å². The monoisotopic (exact) mass is 491 g/mol. The number of rotatable bonds is 13. The molecule has 2 aromatic rings. The minimum absolute atomic E-state index is 0.0330. The molecule has 0 spiro atoms. The van der Waals surface area contributed by atoms with Crippen molar-refractivity contribution in [3.05, 3.63) is 74.8 Å². The molecule has 1 atom stereocenters.